The molecule has 8 heteroatoms. The Bertz CT molecular complexity index is 1100. The molecular weight excluding hydrogens is 398 g/mol. The SMILES string of the molecule is O=C(/C=C/c1ccc(-c2ccccc2)o1)Nc1ccc([N+](=O)[O-])cc1N1CCOCC1. The molecule has 31 heavy (non-hydrogen) atoms. The molecule has 0 saturated carbocycles. The number of carbonyl (C=O) groups excluding carboxylic acids is 1. The number of furan rings is 1. The van der Waals surface area contributed by atoms with E-state index in [1.165, 1.54) is 18.2 Å². The van der Waals surface area contributed by atoms with Crippen molar-refractivity contribution in [2.75, 3.05) is 36.5 Å². The molecule has 1 saturated heterocycles. The van der Waals surface area contributed by atoms with Gasteiger partial charge in [0, 0.05) is 36.9 Å². The number of hydrogen-bond donors (Lipinski definition) is 1. The quantitative estimate of drug-likeness (QED) is 0.363. The molecule has 8 nitrogen and oxygen atoms in total. The Kier molecular flexibility index (Phi) is 6.09. The third-order valence-corrected chi connectivity index (χ3v) is 4.89. The van der Waals surface area contributed by atoms with E-state index in [2.05, 4.69) is 5.32 Å². The molecule has 1 amide bonds. The van der Waals surface area contributed by atoms with Gasteiger partial charge in [0.25, 0.3) is 5.69 Å². The van der Waals surface area contributed by atoms with Crippen LogP contribution < -0.4 is 10.2 Å². The molecule has 1 fully saturated rings. The Hall–Kier alpha value is -3.91. The molecule has 4 rings (SSSR count). The van der Waals surface area contributed by atoms with Gasteiger partial charge in [0.1, 0.15) is 11.5 Å². The van der Waals surface area contributed by atoms with Crippen LogP contribution in [0.4, 0.5) is 17.1 Å². The fourth-order valence-corrected chi connectivity index (χ4v) is 3.34. The van der Waals surface area contributed by atoms with E-state index in [1.54, 1.807) is 18.2 Å². The summed E-state index contributed by atoms with van der Waals surface area (Å²) in [5.41, 5.74) is 2.03. The fraction of sp³-hybridized carbons (Fsp3) is 0.174. The van der Waals surface area contributed by atoms with Gasteiger partial charge < -0.3 is 19.4 Å². The zero-order valence-electron chi connectivity index (χ0n) is 16.7. The summed E-state index contributed by atoms with van der Waals surface area (Å²) in [5, 5.41) is 14.0. The first-order chi connectivity index (χ1) is 15.1. The molecule has 0 unspecified atom stereocenters. The van der Waals surface area contributed by atoms with Crippen molar-refractivity contribution in [2.45, 2.75) is 0 Å². The second-order valence-corrected chi connectivity index (χ2v) is 6.95. The number of nitrogens with zero attached hydrogens (tertiary/aromatic N) is 2. The summed E-state index contributed by atoms with van der Waals surface area (Å²) in [6.07, 6.45) is 2.96. The summed E-state index contributed by atoms with van der Waals surface area (Å²) in [4.78, 5) is 25.2. The molecule has 0 aliphatic carbocycles. The Labute approximate surface area is 178 Å². The molecule has 0 radical (unpaired) electrons. The van der Waals surface area contributed by atoms with Crippen LogP contribution in [0.25, 0.3) is 17.4 Å². The van der Waals surface area contributed by atoms with Crippen LogP contribution in [-0.2, 0) is 9.53 Å². The van der Waals surface area contributed by atoms with Crippen molar-refractivity contribution in [3.8, 4) is 11.3 Å². The van der Waals surface area contributed by atoms with Gasteiger partial charge >= 0.3 is 0 Å². The van der Waals surface area contributed by atoms with Gasteiger partial charge in [-0.15, -0.1) is 0 Å². The molecule has 1 aliphatic heterocycles. The maximum atomic E-state index is 12.5. The number of rotatable bonds is 6. The monoisotopic (exact) mass is 419 g/mol. The number of ether oxygens (including phenoxy) is 1. The van der Waals surface area contributed by atoms with E-state index in [0.717, 1.165) is 5.56 Å². The molecule has 2 aromatic carbocycles. The topological polar surface area (TPSA) is 97.8 Å². The maximum absolute atomic E-state index is 12.5. The van der Waals surface area contributed by atoms with Gasteiger partial charge in [0.05, 0.1) is 29.5 Å². The van der Waals surface area contributed by atoms with E-state index in [-0.39, 0.29) is 11.6 Å². The number of anilines is 2. The van der Waals surface area contributed by atoms with Crippen LogP contribution in [0.15, 0.2) is 71.2 Å². The van der Waals surface area contributed by atoms with E-state index in [1.807, 2.05) is 41.3 Å². The number of carbonyl (C=O) groups is 1. The molecule has 1 aromatic heterocycles. The number of amides is 1. The van der Waals surface area contributed by atoms with Gasteiger partial charge in [-0.3, -0.25) is 14.9 Å². The van der Waals surface area contributed by atoms with Crippen molar-refractivity contribution in [3.63, 3.8) is 0 Å². The number of benzene rings is 2. The summed E-state index contributed by atoms with van der Waals surface area (Å²) in [6, 6.07) is 17.7. The molecule has 0 atom stereocenters. The minimum Gasteiger partial charge on any atom is -0.457 e. The highest BCUT2D eigenvalue weighted by Crippen LogP contribution is 2.31. The van der Waals surface area contributed by atoms with Crippen molar-refractivity contribution < 1.29 is 18.9 Å². The summed E-state index contributed by atoms with van der Waals surface area (Å²) in [5.74, 6) is 0.901. The zero-order chi connectivity index (χ0) is 21.6. The lowest BCUT2D eigenvalue weighted by Gasteiger charge is -2.30. The number of hydrogen-bond acceptors (Lipinski definition) is 6. The Morgan fingerprint density at radius 2 is 1.84 bits per heavy atom. The second-order valence-electron chi connectivity index (χ2n) is 6.95. The van der Waals surface area contributed by atoms with Gasteiger partial charge in [-0.25, -0.2) is 0 Å². The van der Waals surface area contributed by atoms with Crippen LogP contribution in [0.3, 0.4) is 0 Å². The van der Waals surface area contributed by atoms with Crippen molar-refractivity contribution in [1.82, 2.24) is 0 Å². The van der Waals surface area contributed by atoms with Gasteiger partial charge in [-0.1, -0.05) is 30.3 Å². The molecular formula is C23H21N3O5. The zero-order valence-corrected chi connectivity index (χ0v) is 16.7. The van der Waals surface area contributed by atoms with Crippen molar-refractivity contribution in [3.05, 3.63) is 82.6 Å². The first-order valence-corrected chi connectivity index (χ1v) is 9.85. The van der Waals surface area contributed by atoms with Crippen molar-refractivity contribution >= 4 is 29.0 Å². The lowest BCUT2D eigenvalue weighted by Crippen LogP contribution is -2.36. The average Bonchev–Trinajstić information content (AvgIpc) is 3.28. The average molecular weight is 419 g/mol. The lowest BCUT2D eigenvalue weighted by atomic mass is 10.2. The number of morpholine rings is 1. The number of nitro groups is 1. The van der Waals surface area contributed by atoms with Gasteiger partial charge in [0.2, 0.25) is 5.91 Å². The van der Waals surface area contributed by atoms with E-state index in [9.17, 15) is 14.9 Å². The predicted octanol–water partition coefficient (Wildman–Crippen LogP) is 4.34. The normalized spacial score (nSPS) is 14.0. The van der Waals surface area contributed by atoms with Crippen LogP contribution in [0.5, 0.6) is 0 Å². The summed E-state index contributed by atoms with van der Waals surface area (Å²) in [7, 11) is 0. The first kappa shape index (κ1) is 20.4. The van der Waals surface area contributed by atoms with Crippen LogP contribution in [0.2, 0.25) is 0 Å². The standard InChI is InChI=1S/C23H21N3O5/c27-23(11-8-19-7-10-22(31-19)17-4-2-1-3-5-17)24-20-9-6-18(26(28)29)16-21(20)25-12-14-30-15-13-25/h1-11,16H,12-15H2,(H,24,27)/b11-8+. The van der Waals surface area contributed by atoms with Crippen molar-refractivity contribution in [2.24, 2.45) is 0 Å². The largest absolute Gasteiger partial charge is 0.457 e. The van der Waals surface area contributed by atoms with E-state index in [0.29, 0.717) is 49.2 Å². The number of nitro benzene ring substituents is 1. The molecule has 3 aromatic rings. The minimum atomic E-state index is -0.448. The molecule has 158 valence electrons. The van der Waals surface area contributed by atoms with Gasteiger partial charge in [-0.05, 0) is 24.3 Å². The van der Waals surface area contributed by atoms with Crippen molar-refractivity contribution in [1.29, 1.82) is 0 Å². The Morgan fingerprint density at radius 3 is 2.58 bits per heavy atom. The minimum absolute atomic E-state index is 0.0286. The molecule has 1 aliphatic rings. The van der Waals surface area contributed by atoms with Crippen LogP contribution in [0.1, 0.15) is 5.76 Å². The third-order valence-electron chi connectivity index (χ3n) is 4.89. The predicted molar refractivity (Wildman–Crippen MR) is 118 cm³/mol. The van der Waals surface area contributed by atoms with Crippen LogP contribution in [-0.4, -0.2) is 37.1 Å². The summed E-state index contributed by atoms with van der Waals surface area (Å²) < 4.78 is 11.1. The smallest absolute Gasteiger partial charge is 0.271 e. The van der Waals surface area contributed by atoms with E-state index >= 15 is 0 Å². The summed E-state index contributed by atoms with van der Waals surface area (Å²) >= 11 is 0. The van der Waals surface area contributed by atoms with E-state index < -0.39 is 4.92 Å². The number of non-ortho nitro benzene ring substituents is 1. The van der Waals surface area contributed by atoms with E-state index in [4.69, 9.17) is 9.15 Å². The lowest BCUT2D eigenvalue weighted by molar-refractivity contribution is -0.384. The highest BCUT2D eigenvalue weighted by atomic mass is 16.6. The molecule has 0 bridgehead atoms. The highest BCUT2D eigenvalue weighted by molar-refractivity contribution is 6.03. The highest BCUT2D eigenvalue weighted by Gasteiger charge is 2.19. The summed E-state index contributed by atoms with van der Waals surface area (Å²) in [6.45, 7) is 2.24. The molecule has 2 heterocycles. The fourth-order valence-electron chi connectivity index (χ4n) is 3.34. The second kappa shape index (κ2) is 9.27. The number of nitrogens with one attached hydrogen (secondary N) is 1. The molecule has 0 spiro atoms. The van der Waals surface area contributed by atoms with Gasteiger partial charge in [0.15, 0.2) is 0 Å². The maximum Gasteiger partial charge on any atom is 0.271 e. The Morgan fingerprint density at radius 1 is 1.06 bits per heavy atom. The van der Waals surface area contributed by atoms with Crippen LogP contribution >= 0.6 is 0 Å². The van der Waals surface area contributed by atoms with Gasteiger partial charge in [-0.2, -0.15) is 0 Å². The first-order valence-electron chi connectivity index (χ1n) is 9.85. The molecule has 1 N–H and O–H groups in total. The van der Waals surface area contributed by atoms with Crippen LogP contribution in [0, 0.1) is 10.1 Å². The third kappa shape index (κ3) is 4.99. The Balaban J connectivity index is 1.49.